The molecule has 2 heterocycles. The minimum atomic E-state index is 0.104. The number of aromatic nitrogens is 2. The zero-order valence-corrected chi connectivity index (χ0v) is 13.9. The van der Waals surface area contributed by atoms with Gasteiger partial charge in [-0.2, -0.15) is 0 Å². The van der Waals surface area contributed by atoms with Gasteiger partial charge in [0.05, 0.1) is 0 Å². The Morgan fingerprint density at radius 2 is 2.05 bits per heavy atom. The molecular formula is C15H22N2S2. The van der Waals surface area contributed by atoms with E-state index in [1.54, 1.807) is 0 Å². The van der Waals surface area contributed by atoms with E-state index in [0.717, 1.165) is 11.2 Å². The smallest absolute Gasteiger partial charge is 0.177 e. The van der Waals surface area contributed by atoms with Crippen molar-refractivity contribution in [3.63, 3.8) is 0 Å². The number of H-pyrrole nitrogens is 1. The summed E-state index contributed by atoms with van der Waals surface area (Å²) in [5, 5.41) is 0. The molecule has 0 aromatic carbocycles. The zero-order chi connectivity index (χ0) is 14.2. The normalized spacial score (nSPS) is 13.7. The van der Waals surface area contributed by atoms with Gasteiger partial charge in [0.1, 0.15) is 0 Å². The molecule has 4 heteroatoms. The standard InChI is InChI=1S/C15H22N2S2/c1-10(8-12-7-6-11(2)19-12)17-13(15(3,4)5)9-16-14(17)18/h6-7,9-10H,8H2,1-5H3,(H,16,18). The average Bonchev–Trinajstić information content (AvgIpc) is 2.84. The molecule has 0 spiro atoms. The second-order valence-corrected chi connectivity index (χ2v) is 7.92. The predicted octanol–water partition coefficient (Wildman–Crippen LogP) is 5.02. The maximum Gasteiger partial charge on any atom is 0.177 e. The van der Waals surface area contributed by atoms with Gasteiger partial charge >= 0.3 is 0 Å². The first-order valence-corrected chi connectivity index (χ1v) is 7.87. The summed E-state index contributed by atoms with van der Waals surface area (Å²) < 4.78 is 3.09. The van der Waals surface area contributed by atoms with E-state index in [9.17, 15) is 0 Å². The molecule has 0 saturated heterocycles. The summed E-state index contributed by atoms with van der Waals surface area (Å²) >= 11 is 7.33. The van der Waals surface area contributed by atoms with Crippen LogP contribution in [0.5, 0.6) is 0 Å². The van der Waals surface area contributed by atoms with E-state index >= 15 is 0 Å². The predicted molar refractivity (Wildman–Crippen MR) is 85.8 cm³/mol. The van der Waals surface area contributed by atoms with Crippen LogP contribution in [0.15, 0.2) is 18.3 Å². The first-order chi connectivity index (χ1) is 8.79. The lowest BCUT2D eigenvalue weighted by Crippen LogP contribution is -2.20. The van der Waals surface area contributed by atoms with E-state index in [2.05, 4.69) is 62.5 Å². The Kier molecular flexibility index (Phi) is 4.02. The molecule has 0 saturated carbocycles. The van der Waals surface area contributed by atoms with Crippen LogP contribution in [0.3, 0.4) is 0 Å². The lowest BCUT2D eigenvalue weighted by atomic mass is 9.92. The summed E-state index contributed by atoms with van der Waals surface area (Å²) in [6.07, 6.45) is 3.09. The van der Waals surface area contributed by atoms with Crippen molar-refractivity contribution >= 4 is 23.6 Å². The quantitative estimate of drug-likeness (QED) is 0.789. The molecule has 104 valence electrons. The molecule has 19 heavy (non-hydrogen) atoms. The summed E-state index contributed by atoms with van der Waals surface area (Å²) in [4.78, 5) is 5.99. The summed E-state index contributed by atoms with van der Waals surface area (Å²) in [5.41, 5.74) is 1.38. The number of nitrogens with zero attached hydrogens (tertiary/aromatic N) is 1. The first kappa shape index (κ1) is 14.5. The monoisotopic (exact) mass is 294 g/mol. The molecule has 2 aromatic rings. The number of rotatable bonds is 3. The fraction of sp³-hybridized carbons (Fsp3) is 0.533. The summed E-state index contributed by atoms with van der Waals surface area (Å²) in [7, 11) is 0. The van der Waals surface area contributed by atoms with Gasteiger partial charge in [-0.1, -0.05) is 20.8 Å². The van der Waals surface area contributed by atoms with Crippen molar-refractivity contribution in [1.29, 1.82) is 0 Å². The van der Waals surface area contributed by atoms with E-state index in [4.69, 9.17) is 12.2 Å². The van der Waals surface area contributed by atoms with Gasteiger partial charge in [-0.15, -0.1) is 11.3 Å². The molecule has 0 fully saturated rings. The van der Waals surface area contributed by atoms with E-state index in [0.29, 0.717) is 6.04 Å². The fourth-order valence-electron chi connectivity index (χ4n) is 2.37. The van der Waals surface area contributed by atoms with Gasteiger partial charge in [-0.05, 0) is 38.2 Å². The van der Waals surface area contributed by atoms with Gasteiger partial charge in [0, 0.05) is 39.5 Å². The molecule has 1 unspecified atom stereocenters. The van der Waals surface area contributed by atoms with Crippen LogP contribution in [-0.2, 0) is 11.8 Å². The van der Waals surface area contributed by atoms with Crippen molar-refractivity contribution in [2.75, 3.05) is 0 Å². The number of aryl methyl sites for hydroxylation is 1. The number of thiophene rings is 1. The summed E-state index contributed by atoms with van der Waals surface area (Å²) in [5.74, 6) is 0. The van der Waals surface area contributed by atoms with Gasteiger partial charge in [-0.25, -0.2) is 0 Å². The third-order valence-corrected chi connectivity index (χ3v) is 4.65. The largest absolute Gasteiger partial charge is 0.337 e. The van der Waals surface area contributed by atoms with Gasteiger partial charge in [0.2, 0.25) is 0 Å². The van der Waals surface area contributed by atoms with Crippen LogP contribution in [0.1, 0.15) is 49.2 Å². The van der Waals surface area contributed by atoms with Crippen molar-refractivity contribution in [2.45, 2.75) is 52.5 Å². The van der Waals surface area contributed by atoms with Crippen LogP contribution >= 0.6 is 23.6 Å². The van der Waals surface area contributed by atoms with Crippen molar-refractivity contribution in [3.8, 4) is 0 Å². The highest BCUT2D eigenvalue weighted by atomic mass is 32.1. The van der Waals surface area contributed by atoms with Crippen LogP contribution in [-0.4, -0.2) is 9.55 Å². The number of imidazole rings is 1. The second kappa shape index (κ2) is 5.25. The van der Waals surface area contributed by atoms with Crippen LogP contribution in [0.2, 0.25) is 0 Å². The van der Waals surface area contributed by atoms with Crippen molar-refractivity contribution < 1.29 is 0 Å². The Balaban J connectivity index is 2.31. The number of hydrogen-bond donors (Lipinski definition) is 1. The van der Waals surface area contributed by atoms with E-state index in [1.807, 2.05) is 11.3 Å². The minimum absolute atomic E-state index is 0.104. The third kappa shape index (κ3) is 3.18. The minimum Gasteiger partial charge on any atom is -0.337 e. The van der Waals surface area contributed by atoms with Crippen molar-refractivity contribution in [3.05, 3.63) is 38.5 Å². The Morgan fingerprint density at radius 3 is 2.58 bits per heavy atom. The van der Waals surface area contributed by atoms with Gasteiger partial charge in [-0.3, -0.25) is 0 Å². The average molecular weight is 294 g/mol. The topological polar surface area (TPSA) is 20.7 Å². The Labute approximate surface area is 124 Å². The molecule has 2 aromatic heterocycles. The lowest BCUT2D eigenvalue weighted by Gasteiger charge is -2.24. The van der Waals surface area contributed by atoms with E-state index in [1.165, 1.54) is 15.4 Å². The van der Waals surface area contributed by atoms with Crippen molar-refractivity contribution in [1.82, 2.24) is 9.55 Å². The van der Waals surface area contributed by atoms with E-state index in [-0.39, 0.29) is 5.41 Å². The molecule has 0 amide bonds. The van der Waals surface area contributed by atoms with Crippen molar-refractivity contribution in [2.24, 2.45) is 0 Å². The highest BCUT2D eigenvalue weighted by molar-refractivity contribution is 7.71. The van der Waals surface area contributed by atoms with Gasteiger partial charge in [0.25, 0.3) is 0 Å². The molecule has 1 atom stereocenters. The Hall–Kier alpha value is -0.870. The number of nitrogens with one attached hydrogen (secondary N) is 1. The maximum atomic E-state index is 5.45. The van der Waals surface area contributed by atoms with Crippen LogP contribution in [0.4, 0.5) is 0 Å². The first-order valence-electron chi connectivity index (χ1n) is 6.64. The molecule has 0 aliphatic rings. The van der Waals surface area contributed by atoms with Crippen LogP contribution in [0.25, 0.3) is 0 Å². The highest BCUT2D eigenvalue weighted by Crippen LogP contribution is 2.28. The Bertz CT molecular complexity index is 611. The molecular weight excluding hydrogens is 272 g/mol. The van der Waals surface area contributed by atoms with Crippen LogP contribution < -0.4 is 0 Å². The Morgan fingerprint density at radius 1 is 1.37 bits per heavy atom. The molecule has 0 radical (unpaired) electrons. The molecule has 1 N–H and O–H groups in total. The summed E-state index contributed by atoms with van der Waals surface area (Å²) in [6, 6.07) is 4.79. The second-order valence-electron chi connectivity index (χ2n) is 6.16. The zero-order valence-electron chi connectivity index (χ0n) is 12.3. The number of aromatic amines is 1. The fourth-order valence-corrected chi connectivity index (χ4v) is 3.72. The lowest BCUT2D eigenvalue weighted by molar-refractivity contribution is 0.460. The highest BCUT2D eigenvalue weighted by Gasteiger charge is 2.22. The molecule has 0 bridgehead atoms. The number of hydrogen-bond acceptors (Lipinski definition) is 2. The SMILES string of the molecule is Cc1ccc(CC(C)n2c(C(C)(C)C)c[nH]c2=S)s1. The van der Waals surface area contributed by atoms with E-state index < -0.39 is 0 Å². The van der Waals surface area contributed by atoms with Gasteiger partial charge < -0.3 is 9.55 Å². The van der Waals surface area contributed by atoms with Crippen LogP contribution in [0, 0.1) is 11.7 Å². The molecule has 2 rings (SSSR count). The molecule has 2 nitrogen and oxygen atoms in total. The molecule has 0 aliphatic heterocycles. The molecule has 0 aliphatic carbocycles. The maximum absolute atomic E-state index is 5.45. The van der Waals surface area contributed by atoms with Gasteiger partial charge in [0.15, 0.2) is 4.77 Å². The third-order valence-electron chi connectivity index (χ3n) is 3.31. The summed E-state index contributed by atoms with van der Waals surface area (Å²) in [6.45, 7) is 11.1.